The lowest BCUT2D eigenvalue weighted by Crippen LogP contribution is -1.65. The van der Waals surface area contributed by atoms with Gasteiger partial charge < -0.3 is 0 Å². The summed E-state index contributed by atoms with van der Waals surface area (Å²) in [6.45, 7) is 0. The van der Waals surface area contributed by atoms with E-state index >= 15 is 0 Å². The third-order valence-electron chi connectivity index (χ3n) is 1.21. The van der Waals surface area contributed by atoms with Gasteiger partial charge in [0.25, 0.3) is 0 Å². The number of thiophene rings is 1. The fourth-order valence-corrected chi connectivity index (χ4v) is 1.44. The summed E-state index contributed by atoms with van der Waals surface area (Å²) in [5.74, 6) is 0. The molecule has 0 aromatic carbocycles. The third kappa shape index (κ3) is 0.715. The molecule has 0 N–H and O–H groups in total. The molecule has 0 unspecified atom stereocenters. The van der Waals surface area contributed by atoms with E-state index in [4.69, 9.17) is 0 Å². The summed E-state index contributed by atoms with van der Waals surface area (Å²) in [5, 5.41) is 7.51. The monoisotopic (exact) mass is 134 g/mol. The molecular formula is C7H4NS. The van der Waals surface area contributed by atoms with Crippen LogP contribution in [0.5, 0.6) is 0 Å². The minimum atomic E-state index is 1.16. The average Bonchev–Trinajstić information content (AvgIpc) is 2.33. The molecule has 2 aromatic rings. The SMILES string of the molecule is [c]1scc2cnccc12. The highest BCUT2D eigenvalue weighted by atomic mass is 32.1. The number of hydrogen-bond acceptors (Lipinski definition) is 2. The zero-order valence-electron chi connectivity index (χ0n) is 4.66. The lowest BCUT2D eigenvalue weighted by Gasteiger charge is -1.81. The van der Waals surface area contributed by atoms with Crippen molar-refractivity contribution in [1.82, 2.24) is 4.98 Å². The lowest BCUT2D eigenvalue weighted by atomic mass is 10.3. The second-order valence-electron chi connectivity index (χ2n) is 1.80. The molecular weight excluding hydrogens is 130 g/mol. The normalized spacial score (nSPS) is 10.2. The van der Waals surface area contributed by atoms with E-state index in [2.05, 4.69) is 10.4 Å². The van der Waals surface area contributed by atoms with E-state index in [1.54, 1.807) is 17.5 Å². The van der Waals surface area contributed by atoms with Crippen molar-refractivity contribution in [1.29, 1.82) is 0 Å². The van der Waals surface area contributed by atoms with E-state index in [-0.39, 0.29) is 0 Å². The molecule has 0 spiro atoms. The minimum Gasteiger partial charge on any atom is -0.264 e. The van der Waals surface area contributed by atoms with Crippen LogP contribution in [-0.2, 0) is 0 Å². The van der Waals surface area contributed by atoms with Crippen LogP contribution in [0.25, 0.3) is 10.8 Å². The lowest BCUT2D eigenvalue weighted by molar-refractivity contribution is 1.37. The Morgan fingerprint density at radius 2 is 2.56 bits per heavy atom. The van der Waals surface area contributed by atoms with Gasteiger partial charge in [0, 0.05) is 28.5 Å². The van der Waals surface area contributed by atoms with Crippen molar-refractivity contribution in [3.05, 3.63) is 29.2 Å². The Kier molecular flexibility index (Phi) is 0.993. The summed E-state index contributed by atoms with van der Waals surface area (Å²) >= 11 is 1.59. The Balaban J connectivity index is 2.95. The Hall–Kier alpha value is -0.890. The summed E-state index contributed by atoms with van der Waals surface area (Å²) in [6, 6.07) is 1.96. The maximum atomic E-state index is 3.97. The van der Waals surface area contributed by atoms with Crippen molar-refractivity contribution < 1.29 is 0 Å². The van der Waals surface area contributed by atoms with Crippen molar-refractivity contribution in [2.24, 2.45) is 0 Å². The van der Waals surface area contributed by atoms with Crippen LogP contribution in [0.1, 0.15) is 0 Å². The Morgan fingerprint density at radius 1 is 1.56 bits per heavy atom. The van der Waals surface area contributed by atoms with Crippen LogP contribution in [0.15, 0.2) is 23.8 Å². The van der Waals surface area contributed by atoms with E-state index < -0.39 is 0 Å². The first-order chi connectivity index (χ1) is 4.47. The van der Waals surface area contributed by atoms with Gasteiger partial charge in [0.2, 0.25) is 0 Å². The van der Waals surface area contributed by atoms with Crippen LogP contribution in [0.3, 0.4) is 0 Å². The molecule has 43 valence electrons. The van der Waals surface area contributed by atoms with Gasteiger partial charge in [0.1, 0.15) is 0 Å². The quantitative estimate of drug-likeness (QED) is 0.537. The first-order valence-corrected chi connectivity index (χ1v) is 3.54. The number of nitrogens with zero attached hydrogens (tertiary/aromatic N) is 1. The molecule has 2 heterocycles. The molecule has 1 nitrogen and oxygen atoms in total. The molecule has 0 saturated carbocycles. The first kappa shape index (κ1) is 4.94. The molecule has 0 fully saturated rings. The number of pyridine rings is 1. The second-order valence-corrected chi connectivity index (χ2v) is 2.48. The van der Waals surface area contributed by atoms with Gasteiger partial charge in [-0.1, -0.05) is 0 Å². The summed E-state index contributed by atoms with van der Waals surface area (Å²) in [4.78, 5) is 3.97. The van der Waals surface area contributed by atoms with Crippen molar-refractivity contribution in [3.8, 4) is 0 Å². The average molecular weight is 134 g/mol. The minimum absolute atomic E-state index is 1.16. The van der Waals surface area contributed by atoms with Crippen LogP contribution in [0, 0.1) is 5.38 Å². The van der Waals surface area contributed by atoms with Crippen LogP contribution >= 0.6 is 11.3 Å². The van der Waals surface area contributed by atoms with Gasteiger partial charge >= 0.3 is 0 Å². The van der Waals surface area contributed by atoms with Gasteiger partial charge in [0.15, 0.2) is 0 Å². The van der Waals surface area contributed by atoms with Gasteiger partial charge in [-0.2, -0.15) is 0 Å². The molecule has 0 aliphatic carbocycles. The Labute approximate surface area is 57.0 Å². The van der Waals surface area contributed by atoms with Crippen LogP contribution < -0.4 is 0 Å². The largest absolute Gasteiger partial charge is 0.264 e. The highest BCUT2D eigenvalue weighted by Gasteiger charge is 1.89. The number of rotatable bonds is 0. The highest BCUT2D eigenvalue weighted by molar-refractivity contribution is 7.08. The predicted molar refractivity (Wildman–Crippen MR) is 38.5 cm³/mol. The predicted octanol–water partition coefficient (Wildman–Crippen LogP) is 2.10. The van der Waals surface area contributed by atoms with Gasteiger partial charge in [-0.3, -0.25) is 4.98 Å². The van der Waals surface area contributed by atoms with Gasteiger partial charge in [-0.15, -0.1) is 11.3 Å². The van der Waals surface area contributed by atoms with Crippen molar-refractivity contribution in [3.63, 3.8) is 0 Å². The van der Waals surface area contributed by atoms with E-state index in [1.807, 2.05) is 17.6 Å². The van der Waals surface area contributed by atoms with Gasteiger partial charge in [0.05, 0.1) is 5.38 Å². The smallest absolute Gasteiger partial charge is 0.0528 e. The maximum Gasteiger partial charge on any atom is 0.0528 e. The summed E-state index contributed by atoms with van der Waals surface area (Å²) in [7, 11) is 0. The number of hydrogen-bond donors (Lipinski definition) is 0. The van der Waals surface area contributed by atoms with Crippen LogP contribution in [0.4, 0.5) is 0 Å². The summed E-state index contributed by atoms with van der Waals surface area (Å²) in [5.41, 5.74) is 0. The molecule has 2 rings (SSSR count). The first-order valence-electron chi connectivity index (χ1n) is 2.66. The topological polar surface area (TPSA) is 12.9 Å². The zero-order valence-corrected chi connectivity index (χ0v) is 5.48. The zero-order chi connectivity index (χ0) is 6.10. The van der Waals surface area contributed by atoms with Gasteiger partial charge in [-0.25, -0.2) is 0 Å². The van der Waals surface area contributed by atoms with Crippen molar-refractivity contribution in [2.75, 3.05) is 0 Å². The summed E-state index contributed by atoms with van der Waals surface area (Å²) < 4.78 is 0. The highest BCUT2D eigenvalue weighted by Crippen LogP contribution is 2.15. The van der Waals surface area contributed by atoms with E-state index in [0.717, 1.165) is 5.39 Å². The van der Waals surface area contributed by atoms with Crippen LogP contribution in [-0.4, -0.2) is 4.98 Å². The molecule has 0 saturated heterocycles. The molecule has 1 radical (unpaired) electrons. The Morgan fingerprint density at radius 3 is 3.44 bits per heavy atom. The van der Waals surface area contributed by atoms with E-state index in [9.17, 15) is 0 Å². The standard InChI is InChI=1S/C7H4NS/c1-2-8-3-7-5-9-4-6(1)7/h1-3,5H. The molecule has 0 atom stereocenters. The Bertz CT molecular complexity index is 283. The molecule has 2 heteroatoms. The molecule has 2 aromatic heterocycles. The fraction of sp³-hybridized carbons (Fsp3) is 0. The molecule has 0 aliphatic rings. The number of aromatic nitrogens is 1. The van der Waals surface area contributed by atoms with E-state index in [1.165, 1.54) is 5.39 Å². The molecule has 0 amide bonds. The van der Waals surface area contributed by atoms with Crippen molar-refractivity contribution >= 4 is 22.1 Å². The van der Waals surface area contributed by atoms with E-state index in [0.29, 0.717) is 0 Å². The number of fused-ring (bicyclic) bond motifs is 1. The molecule has 0 bridgehead atoms. The summed E-state index contributed by atoms with van der Waals surface area (Å²) in [6.07, 6.45) is 3.63. The van der Waals surface area contributed by atoms with Crippen LogP contribution in [0.2, 0.25) is 0 Å². The second kappa shape index (κ2) is 1.81. The van der Waals surface area contributed by atoms with Crippen molar-refractivity contribution in [2.45, 2.75) is 0 Å². The third-order valence-corrected chi connectivity index (χ3v) is 1.92. The molecule has 0 aliphatic heterocycles. The maximum absolute atomic E-state index is 3.97. The molecule has 9 heavy (non-hydrogen) atoms. The van der Waals surface area contributed by atoms with Gasteiger partial charge in [-0.05, 0) is 6.07 Å². The fourth-order valence-electron chi connectivity index (χ4n) is 0.750.